The van der Waals surface area contributed by atoms with Gasteiger partial charge < -0.3 is 15.4 Å². The van der Waals surface area contributed by atoms with Gasteiger partial charge in [-0.1, -0.05) is 12.1 Å². The van der Waals surface area contributed by atoms with E-state index >= 15 is 0 Å². The number of benzene rings is 1. The van der Waals surface area contributed by atoms with Crippen LogP contribution in [-0.4, -0.2) is 37.6 Å². The molecule has 1 fully saturated rings. The summed E-state index contributed by atoms with van der Waals surface area (Å²) >= 11 is 0. The van der Waals surface area contributed by atoms with Crippen LogP contribution in [0.3, 0.4) is 0 Å². The molecule has 3 rings (SSSR count). The molecule has 4 heteroatoms. The van der Waals surface area contributed by atoms with Gasteiger partial charge in [0.15, 0.2) is 0 Å². The molecule has 1 spiro atoms. The Morgan fingerprint density at radius 2 is 2.21 bits per heavy atom. The summed E-state index contributed by atoms with van der Waals surface area (Å²) in [5.74, 6) is 0.0849. The van der Waals surface area contributed by atoms with Crippen LogP contribution in [0.1, 0.15) is 35.2 Å². The Balaban J connectivity index is 1.90. The van der Waals surface area contributed by atoms with Gasteiger partial charge in [0.2, 0.25) is 0 Å². The first kappa shape index (κ1) is 12.5. The fourth-order valence-corrected chi connectivity index (χ4v) is 3.09. The van der Waals surface area contributed by atoms with E-state index in [4.69, 9.17) is 10.5 Å². The van der Waals surface area contributed by atoms with Crippen molar-refractivity contribution in [2.45, 2.75) is 24.7 Å². The second kappa shape index (κ2) is 4.53. The number of methoxy groups -OCH3 is 1. The molecular weight excluding hydrogens is 240 g/mol. The molecule has 1 aromatic carbocycles. The van der Waals surface area contributed by atoms with Crippen molar-refractivity contribution in [1.29, 1.82) is 0 Å². The Morgan fingerprint density at radius 3 is 2.89 bits per heavy atom. The van der Waals surface area contributed by atoms with E-state index in [-0.39, 0.29) is 11.3 Å². The molecule has 1 amide bonds. The van der Waals surface area contributed by atoms with Crippen molar-refractivity contribution in [3.8, 4) is 0 Å². The van der Waals surface area contributed by atoms with Crippen LogP contribution in [0.15, 0.2) is 18.2 Å². The van der Waals surface area contributed by atoms with E-state index < -0.39 is 0 Å². The maximum atomic E-state index is 12.6. The molecule has 2 aliphatic rings. The minimum Gasteiger partial charge on any atom is -0.398 e. The van der Waals surface area contributed by atoms with E-state index in [2.05, 4.69) is 6.07 Å². The first-order chi connectivity index (χ1) is 9.18. The van der Waals surface area contributed by atoms with Crippen LogP contribution in [0.2, 0.25) is 0 Å². The fraction of sp³-hybridized carbons (Fsp3) is 0.533. The van der Waals surface area contributed by atoms with Gasteiger partial charge in [0, 0.05) is 37.9 Å². The number of hydrogen-bond acceptors (Lipinski definition) is 3. The fourth-order valence-electron chi connectivity index (χ4n) is 3.09. The van der Waals surface area contributed by atoms with Crippen LogP contribution in [0.25, 0.3) is 0 Å². The molecule has 1 heterocycles. The molecule has 1 saturated carbocycles. The van der Waals surface area contributed by atoms with Gasteiger partial charge in [0.05, 0.1) is 5.56 Å². The molecule has 19 heavy (non-hydrogen) atoms. The number of carbonyl (C=O) groups is 1. The number of hydrogen-bond donors (Lipinski definition) is 1. The predicted octanol–water partition coefficient (Wildman–Crippen LogP) is 1.79. The van der Waals surface area contributed by atoms with Crippen LogP contribution >= 0.6 is 0 Å². The molecule has 1 aliphatic heterocycles. The third-order valence-corrected chi connectivity index (χ3v) is 4.29. The highest BCUT2D eigenvalue weighted by atomic mass is 16.5. The molecule has 0 bridgehead atoms. The van der Waals surface area contributed by atoms with Crippen LogP contribution in [0.5, 0.6) is 0 Å². The summed E-state index contributed by atoms with van der Waals surface area (Å²) in [6.07, 6.45) is 3.20. The molecule has 1 aliphatic carbocycles. The Labute approximate surface area is 113 Å². The molecule has 0 aromatic heterocycles. The first-order valence-corrected chi connectivity index (χ1v) is 6.85. The van der Waals surface area contributed by atoms with Crippen LogP contribution in [0.4, 0.5) is 5.69 Å². The van der Waals surface area contributed by atoms with Gasteiger partial charge >= 0.3 is 0 Å². The zero-order chi connectivity index (χ0) is 13.5. The topological polar surface area (TPSA) is 55.6 Å². The standard InChI is InChI=1S/C15H20N2O2/c1-19-9-3-8-17-10-15(6-7-15)11-4-2-5-12(16)13(11)14(17)18/h2,4-5H,3,6-10,16H2,1H3. The molecular formula is C15H20N2O2. The lowest BCUT2D eigenvalue weighted by molar-refractivity contribution is 0.0694. The van der Waals surface area contributed by atoms with Gasteiger partial charge in [-0.15, -0.1) is 0 Å². The number of ether oxygens (including phenoxy) is 1. The largest absolute Gasteiger partial charge is 0.398 e. The van der Waals surface area contributed by atoms with E-state index in [1.54, 1.807) is 7.11 Å². The minimum atomic E-state index is 0.0849. The number of amides is 1. The number of nitrogens with zero attached hydrogens (tertiary/aromatic N) is 1. The Hall–Kier alpha value is -1.55. The third-order valence-electron chi connectivity index (χ3n) is 4.29. The number of anilines is 1. The number of nitrogens with two attached hydrogens (primary N) is 1. The molecule has 0 atom stereocenters. The van der Waals surface area contributed by atoms with Crippen molar-refractivity contribution in [3.05, 3.63) is 29.3 Å². The molecule has 0 unspecified atom stereocenters. The quantitative estimate of drug-likeness (QED) is 0.663. The molecule has 102 valence electrons. The average molecular weight is 260 g/mol. The maximum absolute atomic E-state index is 12.6. The number of rotatable bonds is 4. The summed E-state index contributed by atoms with van der Waals surface area (Å²) in [5.41, 5.74) is 8.73. The molecule has 0 saturated heterocycles. The Bertz CT molecular complexity index is 509. The van der Waals surface area contributed by atoms with E-state index in [0.717, 1.165) is 37.9 Å². The van der Waals surface area contributed by atoms with Crippen LogP contribution < -0.4 is 5.73 Å². The van der Waals surface area contributed by atoms with Crippen molar-refractivity contribution in [2.75, 3.05) is 32.5 Å². The second-order valence-electron chi connectivity index (χ2n) is 5.62. The summed E-state index contributed by atoms with van der Waals surface area (Å²) in [5, 5.41) is 0. The minimum absolute atomic E-state index is 0.0849. The Kier molecular flexibility index (Phi) is 2.97. The monoisotopic (exact) mass is 260 g/mol. The zero-order valence-corrected chi connectivity index (χ0v) is 11.3. The molecule has 1 aromatic rings. The summed E-state index contributed by atoms with van der Waals surface area (Å²) in [6.45, 7) is 2.28. The predicted molar refractivity (Wildman–Crippen MR) is 74.2 cm³/mol. The van der Waals surface area contributed by atoms with Crippen LogP contribution in [0, 0.1) is 0 Å². The molecule has 2 N–H and O–H groups in total. The highest BCUT2D eigenvalue weighted by Crippen LogP contribution is 2.53. The van der Waals surface area contributed by atoms with Gasteiger partial charge in [-0.25, -0.2) is 0 Å². The SMILES string of the molecule is COCCCN1CC2(CC2)c2cccc(N)c2C1=O. The van der Waals surface area contributed by atoms with Gasteiger partial charge in [-0.2, -0.15) is 0 Å². The van der Waals surface area contributed by atoms with Crippen molar-refractivity contribution in [1.82, 2.24) is 4.90 Å². The second-order valence-corrected chi connectivity index (χ2v) is 5.62. The molecule has 4 nitrogen and oxygen atoms in total. The Morgan fingerprint density at radius 1 is 1.42 bits per heavy atom. The number of nitrogen functional groups attached to an aromatic ring is 1. The van der Waals surface area contributed by atoms with Crippen LogP contribution in [-0.2, 0) is 10.2 Å². The zero-order valence-electron chi connectivity index (χ0n) is 11.3. The number of carbonyl (C=O) groups excluding carboxylic acids is 1. The van der Waals surface area contributed by atoms with E-state index in [0.29, 0.717) is 12.3 Å². The highest BCUT2D eigenvalue weighted by molar-refractivity contribution is 6.02. The van der Waals surface area contributed by atoms with Gasteiger partial charge in [0.25, 0.3) is 5.91 Å². The van der Waals surface area contributed by atoms with Crippen molar-refractivity contribution < 1.29 is 9.53 Å². The summed E-state index contributed by atoms with van der Waals surface area (Å²) < 4.78 is 5.07. The van der Waals surface area contributed by atoms with E-state index in [1.165, 1.54) is 5.56 Å². The normalized spacial score (nSPS) is 19.6. The van der Waals surface area contributed by atoms with E-state index in [9.17, 15) is 4.79 Å². The summed E-state index contributed by atoms with van der Waals surface area (Å²) in [6, 6.07) is 5.86. The number of fused-ring (bicyclic) bond motifs is 2. The average Bonchev–Trinajstić information content (AvgIpc) is 3.16. The first-order valence-electron chi connectivity index (χ1n) is 6.85. The lowest BCUT2D eigenvalue weighted by atomic mass is 9.85. The van der Waals surface area contributed by atoms with Gasteiger partial charge in [-0.05, 0) is 30.9 Å². The highest BCUT2D eigenvalue weighted by Gasteiger charge is 2.51. The van der Waals surface area contributed by atoms with Crippen molar-refractivity contribution >= 4 is 11.6 Å². The lowest BCUT2D eigenvalue weighted by Gasteiger charge is -2.35. The summed E-state index contributed by atoms with van der Waals surface area (Å²) in [4.78, 5) is 14.5. The van der Waals surface area contributed by atoms with Gasteiger partial charge in [0.1, 0.15) is 0 Å². The van der Waals surface area contributed by atoms with Gasteiger partial charge in [-0.3, -0.25) is 4.79 Å². The maximum Gasteiger partial charge on any atom is 0.256 e. The van der Waals surface area contributed by atoms with E-state index in [1.807, 2.05) is 17.0 Å². The summed E-state index contributed by atoms with van der Waals surface area (Å²) in [7, 11) is 1.69. The molecule has 0 radical (unpaired) electrons. The van der Waals surface area contributed by atoms with Crippen molar-refractivity contribution in [2.24, 2.45) is 0 Å². The lowest BCUT2D eigenvalue weighted by Crippen LogP contribution is -2.44. The van der Waals surface area contributed by atoms with Crippen molar-refractivity contribution in [3.63, 3.8) is 0 Å². The third kappa shape index (κ3) is 2.00. The smallest absolute Gasteiger partial charge is 0.256 e.